The number of esters is 1. The molecule has 2 heteroatoms. The third-order valence-electron chi connectivity index (χ3n) is 6.41. The SMILES string of the molecule is C[C@@H](CCc1ccccc1)C(=O)OC12CC3CC(CC(C3)C1)C2. The van der Waals surface area contributed by atoms with Gasteiger partial charge in [-0.1, -0.05) is 37.3 Å². The van der Waals surface area contributed by atoms with Gasteiger partial charge in [-0.25, -0.2) is 0 Å². The monoisotopic (exact) mass is 312 g/mol. The van der Waals surface area contributed by atoms with Crippen LogP contribution in [0.4, 0.5) is 0 Å². The van der Waals surface area contributed by atoms with Crippen LogP contribution in [0.3, 0.4) is 0 Å². The molecule has 0 spiro atoms. The Balaban J connectivity index is 1.34. The zero-order valence-corrected chi connectivity index (χ0v) is 14.2. The van der Waals surface area contributed by atoms with Crippen molar-refractivity contribution in [2.45, 2.75) is 63.9 Å². The van der Waals surface area contributed by atoms with E-state index in [4.69, 9.17) is 4.74 Å². The first-order chi connectivity index (χ1) is 11.1. The molecule has 0 amide bonds. The fourth-order valence-electron chi connectivity index (χ4n) is 5.62. The van der Waals surface area contributed by atoms with Gasteiger partial charge in [0.05, 0.1) is 5.92 Å². The highest BCUT2D eigenvalue weighted by Crippen LogP contribution is 2.57. The van der Waals surface area contributed by atoms with Gasteiger partial charge in [-0.2, -0.15) is 0 Å². The van der Waals surface area contributed by atoms with Gasteiger partial charge in [-0.15, -0.1) is 0 Å². The first-order valence-corrected chi connectivity index (χ1v) is 9.39. The van der Waals surface area contributed by atoms with Gasteiger partial charge < -0.3 is 4.74 Å². The number of rotatable bonds is 5. The molecule has 0 aliphatic heterocycles. The minimum absolute atomic E-state index is 0.00297. The predicted octanol–water partition coefficient (Wildman–Crippen LogP) is 4.77. The number of hydrogen-bond acceptors (Lipinski definition) is 2. The van der Waals surface area contributed by atoms with Crippen molar-refractivity contribution in [1.29, 1.82) is 0 Å². The summed E-state index contributed by atoms with van der Waals surface area (Å²) in [6.07, 6.45) is 9.41. The van der Waals surface area contributed by atoms with E-state index in [0.29, 0.717) is 0 Å². The van der Waals surface area contributed by atoms with Crippen LogP contribution in [0, 0.1) is 23.7 Å². The summed E-state index contributed by atoms with van der Waals surface area (Å²) in [6.45, 7) is 2.03. The molecule has 124 valence electrons. The van der Waals surface area contributed by atoms with Gasteiger partial charge >= 0.3 is 5.97 Å². The van der Waals surface area contributed by atoms with Crippen LogP contribution in [0.15, 0.2) is 30.3 Å². The molecule has 1 aromatic carbocycles. The second kappa shape index (κ2) is 5.96. The van der Waals surface area contributed by atoms with Gasteiger partial charge in [0.25, 0.3) is 0 Å². The van der Waals surface area contributed by atoms with Gasteiger partial charge in [0.2, 0.25) is 0 Å². The van der Waals surface area contributed by atoms with Crippen LogP contribution in [0.1, 0.15) is 57.4 Å². The van der Waals surface area contributed by atoms with Crippen LogP contribution < -0.4 is 0 Å². The molecule has 1 aromatic rings. The molecule has 4 fully saturated rings. The summed E-state index contributed by atoms with van der Waals surface area (Å²) < 4.78 is 6.16. The van der Waals surface area contributed by atoms with E-state index >= 15 is 0 Å². The topological polar surface area (TPSA) is 26.3 Å². The van der Waals surface area contributed by atoms with E-state index < -0.39 is 0 Å². The van der Waals surface area contributed by atoms with Crippen molar-refractivity contribution in [1.82, 2.24) is 0 Å². The average Bonchev–Trinajstić information content (AvgIpc) is 2.51. The summed E-state index contributed by atoms with van der Waals surface area (Å²) in [5.74, 6) is 2.53. The average molecular weight is 312 g/mol. The largest absolute Gasteiger partial charge is 0.459 e. The van der Waals surface area contributed by atoms with Gasteiger partial charge in [0.1, 0.15) is 5.60 Å². The summed E-state index contributed by atoms with van der Waals surface area (Å²) in [7, 11) is 0. The lowest BCUT2D eigenvalue weighted by atomic mass is 9.54. The minimum Gasteiger partial charge on any atom is -0.459 e. The fourth-order valence-corrected chi connectivity index (χ4v) is 5.62. The highest BCUT2D eigenvalue weighted by molar-refractivity contribution is 5.72. The Kier molecular flexibility index (Phi) is 3.95. The summed E-state index contributed by atoms with van der Waals surface area (Å²) in [6, 6.07) is 10.4. The second-order valence-corrected chi connectivity index (χ2v) is 8.45. The molecular formula is C21H28O2. The number of aryl methyl sites for hydroxylation is 1. The number of hydrogen-bond donors (Lipinski definition) is 0. The second-order valence-electron chi connectivity index (χ2n) is 8.45. The summed E-state index contributed by atoms with van der Waals surface area (Å²) in [5, 5.41) is 0. The summed E-state index contributed by atoms with van der Waals surface area (Å²) >= 11 is 0. The molecular weight excluding hydrogens is 284 g/mol. The Labute approximate surface area is 139 Å². The normalized spacial score (nSPS) is 36.0. The van der Waals surface area contributed by atoms with Crippen molar-refractivity contribution in [2.75, 3.05) is 0 Å². The van der Waals surface area contributed by atoms with Crippen molar-refractivity contribution in [3.8, 4) is 0 Å². The molecule has 23 heavy (non-hydrogen) atoms. The molecule has 0 aromatic heterocycles. The number of ether oxygens (including phenoxy) is 1. The van der Waals surface area contributed by atoms with Crippen molar-refractivity contribution in [2.24, 2.45) is 23.7 Å². The van der Waals surface area contributed by atoms with Gasteiger partial charge in [0.15, 0.2) is 0 Å². The summed E-state index contributed by atoms with van der Waals surface area (Å²) in [5.41, 5.74) is 1.22. The van der Waals surface area contributed by atoms with E-state index in [2.05, 4.69) is 24.3 Å². The van der Waals surface area contributed by atoms with Crippen LogP contribution in [-0.4, -0.2) is 11.6 Å². The Hall–Kier alpha value is -1.31. The van der Waals surface area contributed by atoms with Crippen molar-refractivity contribution in [3.05, 3.63) is 35.9 Å². The van der Waals surface area contributed by atoms with Crippen molar-refractivity contribution < 1.29 is 9.53 Å². The molecule has 4 aliphatic carbocycles. The van der Waals surface area contributed by atoms with E-state index in [9.17, 15) is 4.79 Å². The molecule has 0 saturated heterocycles. The molecule has 4 aliphatic rings. The quantitative estimate of drug-likeness (QED) is 0.732. The van der Waals surface area contributed by atoms with Gasteiger partial charge in [0, 0.05) is 0 Å². The zero-order valence-electron chi connectivity index (χ0n) is 14.2. The lowest BCUT2D eigenvalue weighted by Crippen LogP contribution is -2.53. The maximum atomic E-state index is 12.6. The van der Waals surface area contributed by atoms with Crippen LogP contribution >= 0.6 is 0 Å². The summed E-state index contributed by atoms with van der Waals surface area (Å²) in [4.78, 5) is 12.6. The smallest absolute Gasteiger partial charge is 0.309 e. The molecule has 0 radical (unpaired) electrons. The lowest BCUT2D eigenvalue weighted by molar-refractivity contribution is -0.190. The maximum Gasteiger partial charge on any atom is 0.309 e. The van der Waals surface area contributed by atoms with E-state index in [1.165, 1.54) is 24.8 Å². The third kappa shape index (κ3) is 3.18. The van der Waals surface area contributed by atoms with Gasteiger partial charge in [-0.05, 0) is 74.7 Å². The van der Waals surface area contributed by atoms with E-state index in [1.54, 1.807) is 0 Å². The van der Waals surface area contributed by atoms with E-state index in [0.717, 1.165) is 49.9 Å². The van der Waals surface area contributed by atoms with E-state index in [1.807, 2.05) is 13.0 Å². The molecule has 0 heterocycles. The maximum absolute atomic E-state index is 12.6. The molecule has 4 bridgehead atoms. The molecule has 1 atom stereocenters. The molecule has 0 N–H and O–H groups in total. The van der Waals surface area contributed by atoms with Gasteiger partial charge in [-0.3, -0.25) is 4.79 Å². The predicted molar refractivity (Wildman–Crippen MR) is 90.9 cm³/mol. The number of benzene rings is 1. The van der Waals surface area contributed by atoms with Crippen LogP contribution in [0.5, 0.6) is 0 Å². The molecule has 2 nitrogen and oxygen atoms in total. The van der Waals surface area contributed by atoms with Crippen LogP contribution in [0.25, 0.3) is 0 Å². The Morgan fingerprint density at radius 2 is 1.65 bits per heavy atom. The van der Waals surface area contributed by atoms with Crippen molar-refractivity contribution >= 4 is 5.97 Å². The number of carbonyl (C=O) groups is 1. The standard InChI is InChI=1S/C21H28O2/c1-15(7-8-16-5-3-2-4-6-16)20(22)23-21-12-17-9-18(13-21)11-19(10-17)14-21/h2-6,15,17-19H,7-14H2,1H3/t15-,17?,18?,19?,21?/m0/s1. The Morgan fingerprint density at radius 3 is 2.22 bits per heavy atom. The first-order valence-electron chi connectivity index (χ1n) is 9.39. The van der Waals surface area contributed by atoms with Crippen LogP contribution in [0.2, 0.25) is 0 Å². The highest BCUT2D eigenvalue weighted by atomic mass is 16.6. The Morgan fingerprint density at radius 1 is 1.09 bits per heavy atom. The first kappa shape index (κ1) is 15.2. The van der Waals surface area contributed by atoms with Crippen molar-refractivity contribution in [3.63, 3.8) is 0 Å². The zero-order chi connectivity index (χ0) is 15.9. The Bertz CT molecular complexity index is 527. The molecule has 5 rings (SSSR count). The highest BCUT2D eigenvalue weighted by Gasteiger charge is 2.53. The minimum atomic E-state index is -0.0904. The fraction of sp³-hybridized carbons (Fsp3) is 0.667. The molecule has 4 saturated carbocycles. The number of carbonyl (C=O) groups excluding carboxylic acids is 1. The lowest BCUT2D eigenvalue weighted by Gasteiger charge is -2.55. The third-order valence-corrected chi connectivity index (χ3v) is 6.41. The van der Waals surface area contributed by atoms with Crippen LogP contribution in [-0.2, 0) is 16.0 Å². The molecule has 0 unspecified atom stereocenters. The van der Waals surface area contributed by atoms with E-state index in [-0.39, 0.29) is 17.5 Å².